The number of halogens is 1. The highest BCUT2D eigenvalue weighted by atomic mass is 35.5. The Morgan fingerprint density at radius 2 is 2.04 bits per heavy atom. The lowest BCUT2D eigenvalue weighted by molar-refractivity contribution is -0.117. The molecule has 23 heavy (non-hydrogen) atoms. The molecule has 2 heterocycles. The van der Waals surface area contributed by atoms with Crippen LogP contribution in [0.1, 0.15) is 23.7 Å². The van der Waals surface area contributed by atoms with Gasteiger partial charge in [0.15, 0.2) is 0 Å². The maximum absolute atomic E-state index is 12.5. The van der Waals surface area contributed by atoms with E-state index in [2.05, 4.69) is 9.97 Å². The van der Waals surface area contributed by atoms with Gasteiger partial charge in [0.2, 0.25) is 5.91 Å². The second-order valence-corrected chi connectivity index (χ2v) is 6.34. The molecule has 0 radical (unpaired) electrons. The van der Waals surface area contributed by atoms with Crippen molar-refractivity contribution in [2.75, 3.05) is 11.4 Å². The summed E-state index contributed by atoms with van der Waals surface area (Å²) in [6, 6.07) is 13.6. The Balaban J connectivity index is 1.66. The third kappa shape index (κ3) is 2.39. The van der Waals surface area contributed by atoms with E-state index in [9.17, 15) is 4.79 Å². The summed E-state index contributed by atoms with van der Waals surface area (Å²) in [6.45, 7) is 2.57. The zero-order chi connectivity index (χ0) is 16.0. The molecule has 1 amide bonds. The summed E-state index contributed by atoms with van der Waals surface area (Å²) in [5.41, 5.74) is 3.77. The van der Waals surface area contributed by atoms with Gasteiger partial charge in [-0.2, -0.15) is 0 Å². The normalized spacial score (nSPS) is 18.1. The highest BCUT2D eigenvalue weighted by Crippen LogP contribution is 2.34. The van der Waals surface area contributed by atoms with Crippen LogP contribution in [0.4, 0.5) is 5.69 Å². The molecular formula is C18H16ClN3O. The van der Waals surface area contributed by atoms with Crippen LogP contribution in [0.15, 0.2) is 42.5 Å². The molecule has 2 aromatic carbocycles. The molecule has 1 fully saturated rings. The number of carbonyl (C=O) groups excluding carboxylic acids is 1. The van der Waals surface area contributed by atoms with E-state index in [1.807, 2.05) is 54.3 Å². The van der Waals surface area contributed by atoms with Gasteiger partial charge in [-0.1, -0.05) is 29.8 Å². The number of fused-ring (bicyclic) bond motifs is 1. The molecule has 0 spiro atoms. The van der Waals surface area contributed by atoms with E-state index in [4.69, 9.17) is 11.6 Å². The zero-order valence-electron chi connectivity index (χ0n) is 12.7. The van der Waals surface area contributed by atoms with Gasteiger partial charge in [-0.3, -0.25) is 4.79 Å². The lowest BCUT2D eigenvalue weighted by atomic mass is 10.1. The van der Waals surface area contributed by atoms with Crippen molar-refractivity contribution in [1.82, 2.24) is 9.97 Å². The van der Waals surface area contributed by atoms with Gasteiger partial charge in [0.25, 0.3) is 0 Å². The van der Waals surface area contributed by atoms with E-state index in [-0.39, 0.29) is 11.8 Å². The van der Waals surface area contributed by atoms with Gasteiger partial charge in [-0.05, 0) is 36.8 Å². The maximum Gasteiger partial charge on any atom is 0.227 e. The van der Waals surface area contributed by atoms with Crippen molar-refractivity contribution in [3.05, 3.63) is 58.9 Å². The molecule has 1 atom stereocenters. The number of nitrogens with zero attached hydrogens (tertiary/aromatic N) is 2. The molecule has 1 N–H and O–H groups in total. The first-order valence-electron chi connectivity index (χ1n) is 7.63. The number of hydrogen-bond donors (Lipinski definition) is 1. The third-order valence-electron chi connectivity index (χ3n) is 4.45. The highest BCUT2D eigenvalue weighted by molar-refractivity contribution is 6.31. The average Bonchev–Trinajstić information content (AvgIpc) is 3.13. The Hall–Kier alpha value is -2.33. The summed E-state index contributed by atoms with van der Waals surface area (Å²) in [5, 5.41) is 0.683. The number of amides is 1. The standard InChI is InChI=1S/C18H16ClN3O/c1-11-13(19)5-4-8-16(11)22-10-12(9-17(22)23)18-20-14-6-2-3-7-15(14)21-18/h2-8,12H,9-10H2,1H3,(H,20,21). The minimum absolute atomic E-state index is 0.0771. The molecule has 1 saturated heterocycles. The third-order valence-corrected chi connectivity index (χ3v) is 4.86. The second-order valence-electron chi connectivity index (χ2n) is 5.93. The zero-order valence-corrected chi connectivity index (χ0v) is 13.5. The number of para-hydroxylation sites is 2. The summed E-state index contributed by atoms with van der Waals surface area (Å²) >= 11 is 6.19. The fraction of sp³-hybridized carbons (Fsp3) is 0.222. The fourth-order valence-corrected chi connectivity index (χ4v) is 3.35. The number of aromatic amines is 1. The van der Waals surface area contributed by atoms with Crippen LogP contribution >= 0.6 is 11.6 Å². The summed E-state index contributed by atoms with van der Waals surface area (Å²) in [4.78, 5) is 22.3. The van der Waals surface area contributed by atoms with Crippen LogP contribution in [0, 0.1) is 6.92 Å². The first kappa shape index (κ1) is 14.3. The van der Waals surface area contributed by atoms with Crippen molar-refractivity contribution in [2.45, 2.75) is 19.3 Å². The summed E-state index contributed by atoms with van der Waals surface area (Å²) in [5.74, 6) is 1.07. The van der Waals surface area contributed by atoms with Crippen molar-refractivity contribution in [3.8, 4) is 0 Å². The van der Waals surface area contributed by atoms with Crippen LogP contribution in [0.25, 0.3) is 11.0 Å². The Morgan fingerprint density at radius 1 is 1.22 bits per heavy atom. The molecule has 0 aliphatic carbocycles. The van der Waals surface area contributed by atoms with Crippen molar-refractivity contribution in [3.63, 3.8) is 0 Å². The van der Waals surface area contributed by atoms with E-state index in [1.54, 1.807) is 0 Å². The first-order valence-corrected chi connectivity index (χ1v) is 8.01. The quantitative estimate of drug-likeness (QED) is 0.773. The monoisotopic (exact) mass is 325 g/mol. The molecule has 1 unspecified atom stereocenters. The van der Waals surface area contributed by atoms with Gasteiger partial charge in [0.1, 0.15) is 5.82 Å². The summed E-state index contributed by atoms with van der Waals surface area (Å²) in [6.07, 6.45) is 0.464. The number of H-pyrrole nitrogens is 1. The molecule has 3 aromatic rings. The second kappa shape index (κ2) is 5.39. The lowest BCUT2D eigenvalue weighted by Crippen LogP contribution is -2.25. The molecule has 1 aliphatic heterocycles. The minimum atomic E-state index is 0.0771. The van der Waals surface area contributed by atoms with Crippen molar-refractivity contribution >= 4 is 34.2 Å². The Morgan fingerprint density at radius 3 is 2.87 bits per heavy atom. The number of nitrogens with one attached hydrogen (secondary N) is 1. The van der Waals surface area contributed by atoms with Crippen LogP contribution in [-0.4, -0.2) is 22.4 Å². The van der Waals surface area contributed by atoms with Crippen LogP contribution in [0.5, 0.6) is 0 Å². The molecule has 1 aromatic heterocycles. The number of aromatic nitrogens is 2. The van der Waals surface area contributed by atoms with Crippen LogP contribution < -0.4 is 4.90 Å². The lowest BCUT2D eigenvalue weighted by Gasteiger charge is -2.19. The number of rotatable bonds is 2. The summed E-state index contributed by atoms with van der Waals surface area (Å²) < 4.78 is 0. The van der Waals surface area contributed by atoms with Gasteiger partial charge in [0.05, 0.1) is 11.0 Å². The maximum atomic E-state index is 12.5. The van der Waals surface area contributed by atoms with E-state index in [1.165, 1.54) is 0 Å². The molecule has 116 valence electrons. The SMILES string of the molecule is Cc1c(Cl)cccc1N1CC(c2nc3ccccc3[nH]2)CC1=O. The molecular weight excluding hydrogens is 310 g/mol. The number of anilines is 1. The molecule has 5 heteroatoms. The predicted molar refractivity (Wildman–Crippen MR) is 92.0 cm³/mol. The van der Waals surface area contributed by atoms with Gasteiger partial charge in [-0.25, -0.2) is 4.98 Å². The Kier molecular flexibility index (Phi) is 3.34. The number of hydrogen-bond acceptors (Lipinski definition) is 2. The van der Waals surface area contributed by atoms with Crippen molar-refractivity contribution < 1.29 is 4.79 Å². The van der Waals surface area contributed by atoms with Crippen molar-refractivity contribution in [2.24, 2.45) is 0 Å². The number of imidazole rings is 1. The van der Waals surface area contributed by atoms with E-state index >= 15 is 0 Å². The minimum Gasteiger partial charge on any atom is -0.342 e. The first-order chi connectivity index (χ1) is 11.1. The van der Waals surface area contributed by atoms with E-state index < -0.39 is 0 Å². The molecule has 0 saturated carbocycles. The average molecular weight is 326 g/mol. The fourth-order valence-electron chi connectivity index (χ4n) is 3.18. The number of carbonyl (C=O) groups is 1. The smallest absolute Gasteiger partial charge is 0.227 e. The molecule has 4 nitrogen and oxygen atoms in total. The van der Waals surface area contributed by atoms with Gasteiger partial charge in [-0.15, -0.1) is 0 Å². The van der Waals surface area contributed by atoms with Crippen LogP contribution in [0.3, 0.4) is 0 Å². The van der Waals surface area contributed by atoms with Crippen LogP contribution in [0.2, 0.25) is 5.02 Å². The van der Waals surface area contributed by atoms with Gasteiger partial charge >= 0.3 is 0 Å². The van der Waals surface area contributed by atoms with Crippen LogP contribution in [-0.2, 0) is 4.79 Å². The Bertz CT molecular complexity index is 869. The largest absolute Gasteiger partial charge is 0.342 e. The van der Waals surface area contributed by atoms with Gasteiger partial charge in [0, 0.05) is 29.6 Å². The molecule has 1 aliphatic rings. The topological polar surface area (TPSA) is 49.0 Å². The summed E-state index contributed by atoms with van der Waals surface area (Å²) in [7, 11) is 0. The molecule has 0 bridgehead atoms. The Labute approximate surface area is 139 Å². The van der Waals surface area contributed by atoms with Gasteiger partial charge < -0.3 is 9.88 Å². The van der Waals surface area contributed by atoms with Crippen molar-refractivity contribution in [1.29, 1.82) is 0 Å². The predicted octanol–water partition coefficient (Wildman–Crippen LogP) is 4.05. The highest BCUT2D eigenvalue weighted by Gasteiger charge is 2.34. The number of benzene rings is 2. The molecule has 4 rings (SSSR count). The van der Waals surface area contributed by atoms with E-state index in [0.29, 0.717) is 18.0 Å². The van der Waals surface area contributed by atoms with E-state index in [0.717, 1.165) is 28.1 Å².